The third kappa shape index (κ3) is 2.18. The lowest BCUT2D eigenvalue weighted by molar-refractivity contribution is -0.134. The zero-order valence-corrected chi connectivity index (χ0v) is 11.9. The zero-order chi connectivity index (χ0) is 14.1. The summed E-state index contributed by atoms with van der Waals surface area (Å²) in [4.78, 5) is 18.4. The van der Waals surface area contributed by atoms with Crippen LogP contribution in [0.2, 0.25) is 0 Å². The average Bonchev–Trinajstić information content (AvgIpc) is 3.01. The Bertz CT molecular complexity index is 635. The van der Waals surface area contributed by atoms with Crippen LogP contribution in [-0.2, 0) is 9.53 Å². The molecule has 3 rings (SSSR count). The second kappa shape index (κ2) is 5.25. The number of likely N-dealkylation sites (tertiary alicyclic amines) is 1. The summed E-state index contributed by atoms with van der Waals surface area (Å²) in [7, 11) is 1.55. The number of aromatic nitrogens is 2. The Balaban J connectivity index is 1.86. The van der Waals surface area contributed by atoms with E-state index in [0.29, 0.717) is 6.04 Å². The van der Waals surface area contributed by atoms with Gasteiger partial charge < -0.3 is 14.2 Å². The third-order valence-electron chi connectivity index (χ3n) is 3.92. The van der Waals surface area contributed by atoms with Gasteiger partial charge in [0.1, 0.15) is 12.4 Å². The second-order valence-corrected chi connectivity index (χ2v) is 5.23. The van der Waals surface area contributed by atoms with Crippen molar-refractivity contribution in [2.75, 3.05) is 26.8 Å². The maximum Gasteiger partial charge on any atom is 0.248 e. The molecular weight excluding hydrogens is 254 g/mol. The summed E-state index contributed by atoms with van der Waals surface area (Å²) >= 11 is 0. The standard InChI is InChI=1S/C15H19N3O2/c1-11-16-13-5-3-4-6-14(13)18(11)12-7-8-17(9-12)15(19)10-20-2/h3-6,12H,7-10H2,1-2H3. The maximum absolute atomic E-state index is 11.9. The first-order valence-electron chi connectivity index (χ1n) is 6.91. The molecule has 5 heteroatoms. The van der Waals surface area contributed by atoms with Gasteiger partial charge in [0, 0.05) is 20.2 Å². The fourth-order valence-electron chi connectivity index (χ4n) is 3.02. The molecule has 1 unspecified atom stereocenters. The molecule has 1 fully saturated rings. The molecule has 0 bridgehead atoms. The minimum atomic E-state index is 0.0667. The van der Waals surface area contributed by atoms with Crippen LogP contribution in [0.4, 0.5) is 0 Å². The number of hydrogen-bond donors (Lipinski definition) is 0. The topological polar surface area (TPSA) is 47.4 Å². The first kappa shape index (κ1) is 13.1. The lowest BCUT2D eigenvalue weighted by atomic mass is 10.2. The van der Waals surface area contributed by atoms with E-state index in [9.17, 15) is 4.79 Å². The van der Waals surface area contributed by atoms with Crippen molar-refractivity contribution in [3.05, 3.63) is 30.1 Å². The molecule has 1 aliphatic heterocycles. The first-order chi connectivity index (χ1) is 9.70. The van der Waals surface area contributed by atoms with Crippen LogP contribution in [0.25, 0.3) is 11.0 Å². The van der Waals surface area contributed by atoms with Crippen molar-refractivity contribution in [3.63, 3.8) is 0 Å². The van der Waals surface area contributed by atoms with Gasteiger partial charge in [-0.2, -0.15) is 0 Å². The number of imidazole rings is 1. The van der Waals surface area contributed by atoms with Gasteiger partial charge in [-0.1, -0.05) is 12.1 Å². The summed E-state index contributed by atoms with van der Waals surface area (Å²) in [5, 5.41) is 0. The molecule has 1 aliphatic rings. The number of carbonyl (C=O) groups is 1. The predicted molar refractivity (Wildman–Crippen MR) is 76.6 cm³/mol. The molecule has 20 heavy (non-hydrogen) atoms. The Labute approximate surface area is 118 Å². The van der Waals surface area contributed by atoms with Crippen molar-refractivity contribution in [2.45, 2.75) is 19.4 Å². The normalized spacial score (nSPS) is 18.9. The Kier molecular flexibility index (Phi) is 3.44. The highest BCUT2D eigenvalue weighted by Crippen LogP contribution is 2.27. The van der Waals surface area contributed by atoms with Gasteiger partial charge in [-0.3, -0.25) is 4.79 Å². The molecule has 1 atom stereocenters. The van der Waals surface area contributed by atoms with Crippen molar-refractivity contribution in [1.29, 1.82) is 0 Å². The number of benzene rings is 1. The summed E-state index contributed by atoms with van der Waals surface area (Å²) in [5.41, 5.74) is 2.17. The number of rotatable bonds is 3. The van der Waals surface area contributed by atoms with Crippen LogP contribution in [0.3, 0.4) is 0 Å². The van der Waals surface area contributed by atoms with Crippen molar-refractivity contribution >= 4 is 16.9 Å². The highest BCUT2D eigenvalue weighted by Gasteiger charge is 2.28. The van der Waals surface area contributed by atoms with E-state index < -0.39 is 0 Å². The number of fused-ring (bicyclic) bond motifs is 1. The number of ether oxygens (including phenoxy) is 1. The van der Waals surface area contributed by atoms with E-state index in [0.717, 1.165) is 36.4 Å². The molecule has 0 spiro atoms. The van der Waals surface area contributed by atoms with Gasteiger partial charge in [-0.15, -0.1) is 0 Å². The molecule has 0 saturated carbocycles. The summed E-state index contributed by atoms with van der Waals surface area (Å²) < 4.78 is 7.18. The SMILES string of the molecule is COCC(=O)N1CCC(n2c(C)nc3ccccc32)C1. The van der Waals surface area contributed by atoms with Gasteiger partial charge in [0.2, 0.25) is 5.91 Å². The van der Waals surface area contributed by atoms with E-state index >= 15 is 0 Å². The van der Waals surface area contributed by atoms with Gasteiger partial charge in [0.25, 0.3) is 0 Å². The number of para-hydroxylation sites is 2. The quantitative estimate of drug-likeness (QED) is 0.856. The highest BCUT2D eigenvalue weighted by atomic mass is 16.5. The van der Waals surface area contributed by atoms with Crippen LogP contribution in [0.1, 0.15) is 18.3 Å². The number of methoxy groups -OCH3 is 1. The van der Waals surface area contributed by atoms with Gasteiger partial charge in [0.15, 0.2) is 0 Å². The fourth-order valence-corrected chi connectivity index (χ4v) is 3.02. The van der Waals surface area contributed by atoms with E-state index in [1.807, 2.05) is 30.0 Å². The van der Waals surface area contributed by atoms with Gasteiger partial charge in [0.05, 0.1) is 17.1 Å². The summed E-state index contributed by atoms with van der Waals surface area (Å²) in [6.07, 6.45) is 0.969. The Morgan fingerprint density at radius 2 is 2.25 bits per heavy atom. The monoisotopic (exact) mass is 273 g/mol. The number of carbonyl (C=O) groups excluding carboxylic acids is 1. The van der Waals surface area contributed by atoms with E-state index in [4.69, 9.17) is 4.74 Å². The Hall–Kier alpha value is -1.88. The molecule has 1 saturated heterocycles. The third-order valence-corrected chi connectivity index (χ3v) is 3.92. The molecule has 2 heterocycles. The molecule has 0 N–H and O–H groups in total. The molecule has 2 aromatic rings. The molecule has 0 aliphatic carbocycles. The zero-order valence-electron chi connectivity index (χ0n) is 11.9. The first-order valence-corrected chi connectivity index (χ1v) is 6.91. The summed E-state index contributed by atoms with van der Waals surface area (Å²) in [5.74, 6) is 1.08. The van der Waals surface area contributed by atoms with E-state index in [2.05, 4.69) is 15.6 Å². The van der Waals surface area contributed by atoms with Crippen LogP contribution in [0.15, 0.2) is 24.3 Å². The predicted octanol–water partition coefficient (Wildman–Crippen LogP) is 1.76. The smallest absolute Gasteiger partial charge is 0.248 e. The molecule has 1 aromatic carbocycles. The summed E-state index contributed by atoms with van der Waals surface area (Å²) in [6, 6.07) is 8.46. The maximum atomic E-state index is 11.9. The van der Waals surface area contributed by atoms with Crippen molar-refractivity contribution < 1.29 is 9.53 Å². The summed E-state index contributed by atoms with van der Waals surface area (Å²) in [6.45, 7) is 3.72. The van der Waals surface area contributed by atoms with E-state index in [1.54, 1.807) is 7.11 Å². The van der Waals surface area contributed by atoms with Crippen molar-refractivity contribution in [1.82, 2.24) is 14.5 Å². The lowest BCUT2D eigenvalue weighted by Crippen LogP contribution is -2.32. The van der Waals surface area contributed by atoms with Crippen LogP contribution >= 0.6 is 0 Å². The molecule has 1 amide bonds. The number of nitrogens with zero attached hydrogens (tertiary/aromatic N) is 3. The number of hydrogen-bond acceptors (Lipinski definition) is 3. The van der Waals surface area contributed by atoms with Crippen molar-refractivity contribution in [2.24, 2.45) is 0 Å². The lowest BCUT2D eigenvalue weighted by Gasteiger charge is -2.18. The molecule has 5 nitrogen and oxygen atoms in total. The van der Waals surface area contributed by atoms with Crippen LogP contribution in [-0.4, -0.2) is 47.2 Å². The van der Waals surface area contributed by atoms with E-state index in [1.165, 1.54) is 0 Å². The average molecular weight is 273 g/mol. The largest absolute Gasteiger partial charge is 0.375 e. The van der Waals surface area contributed by atoms with E-state index in [-0.39, 0.29) is 12.5 Å². The highest BCUT2D eigenvalue weighted by molar-refractivity contribution is 5.78. The Morgan fingerprint density at radius 1 is 1.45 bits per heavy atom. The Morgan fingerprint density at radius 3 is 3.05 bits per heavy atom. The minimum absolute atomic E-state index is 0.0667. The van der Waals surface area contributed by atoms with Gasteiger partial charge in [-0.05, 0) is 25.5 Å². The fraction of sp³-hybridized carbons (Fsp3) is 0.467. The van der Waals surface area contributed by atoms with Gasteiger partial charge in [-0.25, -0.2) is 4.98 Å². The second-order valence-electron chi connectivity index (χ2n) is 5.23. The van der Waals surface area contributed by atoms with Crippen LogP contribution < -0.4 is 0 Å². The number of amides is 1. The minimum Gasteiger partial charge on any atom is -0.375 e. The molecule has 0 radical (unpaired) electrons. The van der Waals surface area contributed by atoms with Crippen LogP contribution in [0.5, 0.6) is 0 Å². The molecule has 1 aromatic heterocycles. The number of aryl methyl sites for hydroxylation is 1. The molecule has 106 valence electrons. The van der Waals surface area contributed by atoms with Crippen LogP contribution in [0, 0.1) is 6.92 Å². The molecular formula is C15H19N3O2. The van der Waals surface area contributed by atoms with Gasteiger partial charge >= 0.3 is 0 Å². The van der Waals surface area contributed by atoms with Crippen molar-refractivity contribution in [3.8, 4) is 0 Å².